The van der Waals surface area contributed by atoms with E-state index in [0.29, 0.717) is 0 Å². The molecule has 7 nitrogen and oxygen atoms in total. The van der Waals surface area contributed by atoms with Gasteiger partial charge in [0.1, 0.15) is 0 Å². The Labute approximate surface area is 158 Å². The number of nitrogens with zero attached hydrogens (tertiary/aromatic N) is 5. The van der Waals surface area contributed by atoms with Gasteiger partial charge in [0.05, 0.1) is 0 Å². The van der Waals surface area contributed by atoms with Crippen LogP contribution in [-0.4, -0.2) is 73.2 Å². The van der Waals surface area contributed by atoms with E-state index in [4.69, 9.17) is 0 Å². The van der Waals surface area contributed by atoms with Crippen LogP contribution < -0.4 is 15.5 Å². The highest BCUT2D eigenvalue weighted by atomic mass is 15.3. The van der Waals surface area contributed by atoms with Crippen LogP contribution in [0.2, 0.25) is 0 Å². The van der Waals surface area contributed by atoms with Crippen LogP contribution in [0.25, 0.3) is 0 Å². The lowest BCUT2D eigenvalue weighted by Crippen LogP contribution is -2.49. The van der Waals surface area contributed by atoms with Crippen molar-refractivity contribution < 1.29 is 0 Å². The van der Waals surface area contributed by atoms with Crippen LogP contribution in [0.5, 0.6) is 0 Å². The summed E-state index contributed by atoms with van der Waals surface area (Å²) < 4.78 is 0. The van der Waals surface area contributed by atoms with Crippen molar-refractivity contribution in [1.82, 2.24) is 25.5 Å². The maximum atomic E-state index is 4.67. The zero-order chi connectivity index (χ0) is 18.5. The molecule has 1 aliphatic rings. The Morgan fingerprint density at radius 3 is 2.50 bits per heavy atom. The number of aromatic nitrogens is 2. The van der Waals surface area contributed by atoms with Crippen molar-refractivity contribution in [3.63, 3.8) is 0 Å². The first-order chi connectivity index (χ1) is 12.8. The van der Waals surface area contributed by atoms with E-state index in [1.54, 1.807) is 0 Å². The van der Waals surface area contributed by atoms with E-state index in [2.05, 4.69) is 49.2 Å². The van der Waals surface area contributed by atoms with E-state index in [1.165, 1.54) is 25.7 Å². The molecule has 1 aromatic heterocycles. The van der Waals surface area contributed by atoms with E-state index in [1.807, 2.05) is 18.5 Å². The molecule has 2 heterocycles. The first-order valence-corrected chi connectivity index (χ1v) is 10.1. The van der Waals surface area contributed by atoms with Gasteiger partial charge < -0.3 is 15.5 Å². The Morgan fingerprint density at radius 1 is 1.04 bits per heavy atom. The Hall–Kier alpha value is -1.89. The smallest absolute Gasteiger partial charge is 0.225 e. The molecule has 0 atom stereocenters. The normalized spacial score (nSPS) is 15.9. The standard InChI is InChI=1S/C19H35N7/c1-3-5-6-7-9-21-18(20-4-2)22-12-13-25-14-16-26(17-15-25)19-23-10-8-11-24-19/h8,10-11H,3-7,9,12-17H2,1-2H3,(H2,20,21,22). The number of piperazine rings is 1. The summed E-state index contributed by atoms with van der Waals surface area (Å²) in [4.78, 5) is 18.1. The van der Waals surface area contributed by atoms with Crippen molar-refractivity contribution in [3.8, 4) is 0 Å². The molecule has 0 spiro atoms. The SMILES string of the molecule is CCCCCCN=C(NCC)NCCN1CCN(c2ncccn2)CC1. The number of hydrogen-bond acceptors (Lipinski definition) is 5. The fraction of sp³-hybridized carbons (Fsp3) is 0.737. The fourth-order valence-corrected chi connectivity index (χ4v) is 3.03. The fourth-order valence-electron chi connectivity index (χ4n) is 3.03. The molecule has 2 N–H and O–H groups in total. The summed E-state index contributed by atoms with van der Waals surface area (Å²) in [6.45, 7) is 12.2. The van der Waals surface area contributed by atoms with Crippen molar-refractivity contribution in [3.05, 3.63) is 18.5 Å². The number of nitrogens with one attached hydrogen (secondary N) is 2. The second kappa shape index (κ2) is 12.5. The van der Waals surface area contributed by atoms with E-state index in [-0.39, 0.29) is 0 Å². The predicted molar refractivity (Wildman–Crippen MR) is 109 cm³/mol. The highest BCUT2D eigenvalue weighted by molar-refractivity contribution is 5.79. The number of hydrogen-bond donors (Lipinski definition) is 2. The van der Waals surface area contributed by atoms with Crippen LogP contribution >= 0.6 is 0 Å². The van der Waals surface area contributed by atoms with Crippen LogP contribution in [0.1, 0.15) is 39.5 Å². The number of anilines is 1. The maximum Gasteiger partial charge on any atom is 0.225 e. The molecule has 146 valence electrons. The summed E-state index contributed by atoms with van der Waals surface area (Å²) in [6.07, 6.45) is 8.64. The Kier molecular flexibility index (Phi) is 9.79. The molecule has 0 amide bonds. The van der Waals surface area contributed by atoms with Crippen molar-refractivity contribution in [2.24, 2.45) is 4.99 Å². The van der Waals surface area contributed by atoms with E-state index in [9.17, 15) is 0 Å². The quantitative estimate of drug-likeness (QED) is 0.376. The van der Waals surface area contributed by atoms with Crippen molar-refractivity contribution in [1.29, 1.82) is 0 Å². The predicted octanol–water partition coefficient (Wildman–Crippen LogP) is 1.73. The Bertz CT molecular complexity index is 498. The van der Waals surface area contributed by atoms with Crippen LogP contribution in [0.3, 0.4) is 0 Å². The summed E-state index contributed by atoms with van der Waals surface area (Å²) in [5.74, 6) is 1.79. The lowest BCUT2D eigenvalue weighted by molar-refractivity contribution is 0.260. The molecule has 0 saturated carbocycles. The largest absolute Gasteiger partial charge is 0.357 e. The molecular formula is C19H35N7. The van der Waals surface area contributed by atoms with Crippen LogP contribution in [-0.2, 0) is 0 Å². The summed E-state index contributed by atoms with van der Waals surface area (Å²) in [7, 11) is 0. The van der Waals surface area contributed by atoms with Gasteiger partial charge in [-0.25, -0.2) is 9.97 Å². The third kappa shape index (κ3) is 7.56. The first kappa shape index (κ1) is 20.4. The highest BCUT2D eigenvalue weighted by Crippen LogP contribution is 2.09. The minimum Gasteiger partial charge on any atom is -0.357 e. The van der Waals surface area contributed by atoms with Gasteiger partial charge in [-0.3, -0.25) is 9.89 Å². The Morgan fingerprint density at radius 2 is 1.81 bits per heavy atom. The summed E-state index contributed by atoms with van der Waals surface area (Å²) >= 11 is 0. The average Bonchev–Trinajstić information content (AvgIpc) is 2.69. The molecule has 1 fully saturated rings. The third-order valence-electron chi connectivity index (χ3n) is 4.55. The molecular weight excluding hydrogens is 326 g/mol. The average molecular weight is 362 g/mol. The van der Waals surface area contributed by atoms with Gasteiger partial charge in [-0.2, -0.15) is 0 Å². The van der Waals surface area contributed by atoms with Gasteiger partial charge in [0.25, 0.3) is 0 Å². The van der Waals surface area contributed by atoms with Gasteiger partial charge in [-0.1, -0.05) is 26.2 Å². The van der Waals surface area contributed by atoms with Crippen LogP contribution in [0.15, 0.2) is 23.5 Å². The molecule has 1 aliphatic heterocycles. The minimum absolute atomic E-state index is 0.843. The van der Waals surface area contributed by atoms with Gasteiger partial charge >= 0.3 is 0 Å². The molecule has 26 heavy (non-hydrogen) atoms. The minimum atomic E-state index is 0.843. The molecule has 0 aromatic carbocycles. The van der Waals surface area contributed by atoms with Crippen molar-refractivity contribution in [2.75, 3.05) is 57.3 Å². The Balaban J connectivity index is 1.64. The van der Waals surface area contributed by atoms with Crippen molar-refractivity contribution in [2.45, 2.75) is 39.5 Å². The third-order valence-corrected chi connectivity index (χ3v) is 4.55. The lowest BCUT2D eigenvalue weighted by atomic mass is 10.2. The van der Waals surface area contributed by atoms with Gasteiger partial charge in [-0.15, -0.1) is 0 Å². The highest BCUT2D eigenvalue weighted by Gasteiger charge is 2.18. The van der Waals surface area contributed by atoms with E-state index >= 15 is 0 Å². The molecule has 1 saturated heterocycles. The molecule has 0 bridgehead atoms. The first-order valence-electron chi connectivity index (χ1n) is 10.1. The molecule has 1 aromatic rings. The van der Waals surface area contributed by atoms with Gasteiger partial charge in [0.15, 0.2) is 5.96 Å². The molecule has 2 rings (SSSR count). The second-order valence-corrected chi connectivity index (χ2v) is 6.63. The van der Waals surface area contributed by atoms with Gasteiger partial charge in [0.2, 0.25) is 5.95 Å². The summed E-state index contributed by atoms with van der Waals surface area (Å²) in [5, 5.41) is 6.80. The lowest BCUT2D eigenvalue weighted by Gasteiger charge is -2.34. The zero-order valence-electron chi connectivity index (χ0n) is 16.5. The van der Waals surface area contributed by atoms with E-state index in [0.717, 1.165) is 64.3 Å². The number of unbranched alkanes of at least 4 members (excludes halogenated alkanes) is 3. The van der Waals surface area contributed by atoms with Gasteiger partial charge in [0, 0.05) is 64.8 Å². The summed E-state index contributed by atoms with van der Waals surface area (Å²) in [5.41, 5.74) is 0. The number of rotatable bonds is 10. The van der Waals surface area contributed by atoms with Crippen molar-refractivity contribution >= 4 is 11.9 Å². The van der Waals surface area contributed by atoms with E-state index < -0.39 is 0 Å². The molecule has 7 heteroatoms. The number of aliphatic imine (C=N–C) groups is 1. The summed E-state index contributed by atoms with van der Waals surface area (Å²) in [6, 6.07) is 1.86. The second-order valence-electron chi connectivity index (χ2n) is 6.63. The topological polar surface area (TPSA) is 68.7 Å². The maximum absolute atomic E-state index is 4.67. The molecule has 0 unspecified atom stereocenters. The monoisotopic (exact) mass is 361 g/mol. The zero-order valence-corrected chi connectivity index (χ0v) is 16.5. The number of guanidine groups is 1. The molecule has 0 aliphatic carbocycles. The van der Waals surface area contributed by atoms with Crippen LogP contribution in [0.4, 0.5) is 5.95 Å². The molecule has 0 radical (unpaired) electrons. The van der Waals surface area contributed by atoms with Gasteiger partial charge in [-0.05, 0) is 19.4 Å². The van der Waals surface area contributed by atoms with Crippen LogP contribution in [0, 0.1) is 0 Å².